The highest BCUT2D eigenvalue weighted by atomic mass is 16.5. The molecule has 0 N–H and O–H groups in total. The lowest BCUT2D eigenvalue weighted by Gasteiger charge is -2.17. The fraction of sp³-hybridized carbons (Fsp3) is 0.619. The lowest BCUT2D eigenvalue weighted by Crippen LogP contribution is -2.21. The summed E-state index contributed by atoms with van der Waals surface area (Å²) < 4.78 is 10.1. The Balaban J connectivity index is 2.29. The Hall–Kier alpha value is -2.02. The van der Waals surface area contributed by atoms with Gasteiger partial charge in [-0.1, -0.05) is 32.6 Å². The Labute approximate surface area is 151 Å². The number of carbonyl (C=O) groups excluding carboxylic acids is 2. The standard InChI is InChI=1S/C21H30O4/c1-4-5-6-7-8-9-10-11-12-13-14-15-17-20(23)19(24-2)16-18(22)21(17)25-3/h16H,4-6,9-15H2,1-3H3. The molecule has 0 unspecified atom stereocenters. The maximum absolute atomic E-state index is 12.3. The summed E-state index contributed by atoms with van der Waals surface area (Å²) in [4.78, 5) is 24.2. The van der Waals surface area contributed by atoms with E-state index in [1.807, 2.05) is 0 Å². The first-order chi connectivity index (χ1) is 12.2. The van der Waals surface area contributed by atoms with E-state index < -0.39 is 0 Å². The third-order valence-electron chi connectivity index (χ3n) is 4.19. The van der Waals surface area contributed by atoms with Crippen molar-refractivity contribution < 1.29 is 19.1 Å². The number of carbonyl (C=O) groups is 2. The molecule has 0 aromatic rings. The fourth-order valence-electron chi connectivity index (χ4n) is 2.74. The van der Waals surface area contributed by atoms with Crippen LogP contribution in [-0.2, 0) is 19.1 Å². The zero-order chi connectivity index (χ0) is 18.5. The molecule has 0 fully saturated rings. The second kappa shape index (κ2) is 12.4. The van der Waals surface area contributed by atoms with Crippen LogP contribution in [0.1, 0.15) is 71.1 Å². The molecule has 0 bridgehead atoms. The number of rotatable bonds is 11. The maximum Gasteiger partial charge on any atom is 0.227 e. The van der Waals surface area contributed by atoms with Crippen molar-refractivity contribution >= 4 is 11.6 Å². The van der Waals surface area contributed by atoms with Gasteiger partial charge >= 0.3 is 0 Å². The van der Waals surface area contributed by atoms with Gasteiger partial charge in [-0.2, -0.15) is 0 Å². The quantitative estimate of drug-likeness (QED) is 0.314. The summed E-state index contributed by atoms with van der Waals surface area (Å²) in [6, 6.07) is 0. The van der Waals surface area contributed by atoms with Crippen molar-refractivity contribution in [2.45, 2.75) is 71.1 Å². The number of allylic oxidation sites excluding steroid dienone is 2. The molecule has 0 aromatic carbocycles. The van der Waals surface area contributed by atoms with Gasteiger partial charge in [0.2, 0.25) is 11.6 Å². The summed E-state index contributed by atoms with van der Waals surface area (Å²) in [6.45, 7) is 2.18. The Morgan fingerprint density at radius 2 is 1.52 bits per heavy atom. The van der Waals surface area contributed by atoms with E-state index in [0.29, 0.717) is 12.0 Å². The molecule has 0 spiro atoms. The normalized spacial score (nSPS) is 14.1. The van der Waals surface area contributed by atoms with Crippen LogP contribution in [0.15, 0.2) is 23.2 Å². The molecule has 0 aromatic heterocycles. The van der Waals surface area contributed by atoms with Gasteiger partial charge in [0.05, 0.1) is 14.2 Å². The molecule has 0 atom stereocenters. The molecule has 0 radical (unpaired) electrons. The summed E-state index contributed by atoms with van der Waals surface area (Å²) in [7, 11) is 2.82. The van der Waals surface area contributed by atoms with Gasteiger partial charge in [-0.3, -0.25) is 9.59 Å². The van der Waals surface area contributed by atoms with E-state index >= 15 is 0 Å². The molecule has 0 aliphatic heterocycles. The van der Waals surface area contributed by atoms with Gasteiger partial charge in [0.25, 0.3) is 0 Å². The van der Waals surface area contributed by atoms with Crippen LogP contribution in [0.3, 0.4) is 0 Å². The first-order valence-corrected chi connectivity index (χ1v) is 9.23. The number of hydrogen-bond acceptors (Lipinski definition) is 4. The van der Waals surface area contributed by atoms with Gasteiger partial charge < -0.3 is 9.47 Å². The lowest BCUT2D eigenvalue weighted by atomic mass is 9.94. The van der Waals surface area contributed by atoms with E-state index in [1.165, 1.54) is 33.1 Å². The molecule has 0 saturated carbocycles. The van der Waals surface area contributed by atoms with Crippen LogP contribution in [0.4, 0.5) is 0 Å². The van der Waals surface area contributed by atoms with Crippen LogP contribution >= 0.6 is 0 Å². The highest BCUT2D eigenvalue weighted by Crippen LogP contribution is 2.25. The Morgan fingerprint density at radius 1 is 0.880 bits per heavy atom. The Morgan fingerprint density at radius 3 is 2.16 bits per heavy atom. The second-order valence-corrected chi connectivity index (χ2v) is 6.14. The number of ketones is 2. The van der Waals surface area contributed by atoms with Crippen LogP contribution in [0, 0.1) is 11.8 Å². The first kappa shape index (κ1) is 21.0. The number of unbranched alkanes of at least 4 members (excludes halogenated alkanes) is 7. The zero-order valence-electron chi connectivity index (χ0n) is 15.8. The third-order valence-corrected chi connectivity index (χ3v) is 4.19. The minimum absolute atomic E-state index is 0.0995. The predicted octanol–water partition coefficient (Wildman–Crippen LogP) is 4.49. The second-order valence-electron chi connectivity index (χ2n) is 6.14. The molecule has 0 amide bonds. The van der Waals surface area contributed by atoms with Gasteiger partial charge in [0.1, 0.15) is 0 Å². The molecular weight excluding hydrogens is 316 g/mol. The van der Waals surface area contributed by atoms with Crippen molar-refractivity contribution in [1.29, 1.82) is 0 Å². The highest BCUT2D eigenvalue weighted by Gasteiger charge is 2.29. The summed E-state index contributed by atoms with van der Waals surface area (Å²) in [5, 5.41) is 0. The molecule has 4 nitrogen and oxygen atoms in total. The van der Waals surface area contributed by atoms with Crippen molar-refractivity contribution in [3.05, 3.63) is 23.2 Å². The van der Waals surface area contributed by atoms with Gasteiger partial charge in [0.15, 0.2) is 11.5 Å². The van der Waals surface area contributed by atoms with Gasteiger partial charge in [-0.15, -0.1) is 11.8 Å². The van der Waals surface area contributed by atoms with Crippen molar-refractivity contribution in [3.63, 3.8) is 0 Å². The lowest BCUT2D eigenvalue weighted by molar-refractivity contribution is -0.120. The molecule has 138 valence electrons. The number of ether oxygens (including phenoxy) is 2. The molecular formula is C21H30O4. The Bertz CT molecular complexity index is 572. The monoisotopic (exact) mass is 346 g/mol. The molecule has 1 rings (SSSR count). The van der Waals surface area contributed by atoms with Crippen LogP contribution in [-0.4, -0.2) is 25.8 Å². The molecule has 1 aliphatic carbocycles. The SMILES string of the molecule is CCCCC#CCCCCCCCC1=C(OC)C(=O)C=C(OC)C1=O. The summed E-state index contributed by atoms with van der Waals surface area (Å²) in [5.74, 6) is 6.16. The summed E-state index contributed by atoms with van der Waals surface area (Å²) in [5.41, 5.74) is 0.439. The van der Waals surface area contributed by atoms with E-state index in [2.05, 4.69) is 18.8 Å². The summed E-state index contributed by atoms with van der Waals surface area (Å²) >= 11 is 0. The minimum Gasteiger partial charge on any atom is -0.493 e. The maximum atomic E-state index is 12.3. The number of Topliss-reactive ketones (excluding diaryl/α,β-unsaturated/α-hetero) is 1. The topological polar surface area (TPSA) is 52.6 Å². The predicted molar refractivity (Wildman–Crippen MR) is 98.8 cm³/mol. The van der Waals surface area contributed by atoms with Gasteiger partial charge in [-0.05, 0) is 25.7 Å². The van der Waals surface area contributed by atoms with Gasteiger partial charge in [-0.25, -0.2) is 0 Å². The van der Waals surface area contributed by atoms with Crippen molar-refractivity contribution in [2.24, 2.45) is 0 Å². The highest BCUT2D eigenvalue weighted by molar-refractivity contribution is 6.21. The van der Waals surface area contributed by atoms with Crippen molar-refractivity contribution in [1.82, 2.24) is 0 Å². The molecule has 1 aliphatic rings. The molecule has 0 heterocycles. The zero-order valence-corrected chi connectivity index (χ0v) is 15.8. The third kappa shape index (κ3) is 7.17. The Kier molecular flexibility index (Phi) is 10.4. The van der Waals surface area contributed by atoms with E-state index in [4.69, 9.17) is 9.47 Å². The van der Waals surface area contributed by atoms with E-state index in [1.54, 1.807) is 0 Å². The molecule has 0 saturated heterocycles. The molecule has 4 heteroatoms. The fourth-order valence-corrected chi connectivity index (χ4v) is 2.74. The number of hydrogen-bond donors (Lipinski definition) is 0. The van der Waals surface area contributed by atoms with Crippen LogP contribution in [0.25, 0.3) is 0 Å². The average Bonchev–Trinajstić information content (AvgIpc) is 2.62. The first-order valence-electron chi connectivity index (χ1n) is 9.23. The number of methoxy groups -OCH3 is 2. The average molecular weight is 346 g/mol. The molecule has 25 heavy (non-hydrogen) atoms. The van der Waals surface area contributed by atoms with Crippen LogP contribution in [0.2, 0.25) is 0 Å². The van der Waals surface area contributed by atoms with E-state index in [9.17, 15) is 9.59 Å². The largest absolute Gasteiger partial charge is 0.493 e. The summed E-state index contributed by atoms with van der Waals surface area (Å²) in [6.07, 6.45) is 11.4. The van der Waals surface area contributed by atoms with E-state index in [0.717, 1.165) is 44.9 Å². The van der Waals surface area contributed by atoms with Crippen molar-refractivity contribution in [3.8, 4) is 11.8 Å². The van der Waals surface area contributed by atoms with Crippen molar-refractivity contribution in [2.75, 3.05) is 14.2 Å². The van der Waals surface area contributed by atoms with Crippen LogP contribution < -0.4 is 0 Å². The van der Waals surface area contributed by atoms with E-state index in [-0.39, 0.29) is 23.1 Å². The van der Waals surface area contributed by atoms with Gasteiger partial charge in [0, 0.05) is 24.5 Å². The van der Waals surface area contributed by atoms with Crippen LogP contribution in [0.5, 0.6) is 0 Å². The minimum atomic E-state index is -0.296. The smallest absolute Gasteiger partial charge is 0.227 e.